The summed E-state index contributed by atoms with van der Waals surface area (Å²) < 4.78 is 0. The molecule has 0 amide bonds. The lowest BCUT2D eigenvalue weighted by molar-refractivity contribution is 0.229. The Morgan fingerprint density at radius 1 is 1.24 bits per heavy atom. The molecule has 1 fully saturated rings. The molecule has 1 aromatic rings. The monoisotopic (exact) mass is 251 g/mol. The van der Waals surface area contributed by atoms with E-state index in [4.69, 9.17) is 0 Å². The van der Waals surface area contributed by atoms with Crippen LogP contribution in [0, 0.1) is 18.8 Å². The van der Waals surface area contributed by atoms with E-state index in [1.807, 2.05) is 11.3 Å². The summed E-state index contributed by atoms with van der Waals surface area (Å²) in [5.41, 5.74) is 1.44. The molecule has 1 aliphatic rings. The molecule has 0 spiro atoms. The third-order valence-corrected chi connectivity index (χ3v) is 5.16. The van der Waals surface area contributed by atoms with Crippen LogP contribution in [-0.2, 0) is 0 Å². The van der Waals surface area contributed by atoms with Crippen LogP contribution >= 0.6 is 11.3 Å². The standard InChI is InChI=1S/C15H25NS/c1-10-7-11(2)9-14(8-10)16-13(4)15-12(3)5-6-17-15/h5-6,10-11,13-14,16H,7-9H2,1-4H3. The summed E-state index contributed by atoms with van der Waals surface area (Å²) >= 11 is 1.89. The van der Waals surface area contributed by atoms with E-state index in [-0.39, 0.29) is 0 Å². The first-order valence-electron chi connectivity index (χ1n) is 6.86. The minimum absolute atomic E-state index is 0.512. The molecule has 1 aromatic heterocycles. The Hall–Kier alpha value is -0.340. The average molecular weight is 251 g/mol. The second-order valence-electron chi connectivity index (χ2n) is 5.97. The Labute approximate surface area is 110 Å². The van der Waals surface area contributed by atoms with E-state index in [9.17, 15) is 0 Å². The highest BCUT2D eigenvalue weighted by atomic mass is 32.1. The predicted molar refractivity (Wildman–Crippen MR) is 76.6 cm³/mol. The molecular formula is C15H25NS. The molecule has 17 heavy (non-hydrogen) atoms. The second kappa shape index (κ2) is 5.53. The summed E-state index contributed by atoms with van der Waals surface area (Å²) in [6.07, 6.45) is 4.10. The van der Waals surface area contributed by atoms with Crippen LogP contribution in [0.15, 0.2) is 11.4 Å². The van der Waals surface area contributed by atoms with Gasteiger partial charge in [0.15, 0.2) is 0 Å². The maximum Gasteiger partial charge on any atom is 0.0390 e. The molecule has 0 radical (unpaired) electrons. The van der Waals surface area contributed by atoms with E-state index in [1.165, 1.54) is 29.7 Å². The van der Waals surface area contributed by atoms with Crippen LogP contribution in [0.3, 0.4) is 0 Å². The van der Waals surface area contributed by atoms with Gasteiger partial charge < -0.3 is 5.32 Å². The van der Waals surface area contributed by atoms with Gasteiger partial charge in [-0.25, -0.2) is 0 Å². The molecule has 1 N–H and O–H groups in total. The van der Waals surface area contributed by atoms with Gasteiger partial charge in [-0.3, -0.25) is 0 Å². The van der Waals surface area contributed by atoms with Crippen LogP contribution in [-0.4, -0.2) is 6.04 Å². The number of nitrogens with one attached hydrogen (secondary N) is 1. The SMILES string of the molecule is Cc1ccsc1C(C)NC1CC(C)CC(C)C1. The molecule has 0 saturated heterocycles. The highest BCUT2D eigenvalue weighted by Crippen LogP contribution is 2.31. The molecule has 1 heterocycles. The van der Waals surface area contributed by atoms with Crippen molar-refractivity contribution >= 4 is 11.3 Å². The van der Waals surface area contributed by atoms with Crippen molar-refractivity contribution < 1.29 is 0 Å². The third kappa shape index (κ3) is 3.32. The van der Waals surface area contributed by atoms with Crippen molar-refractivity contribution in [1.82, 2.24) is 5.32 Å². The van der Waals surface area contributed by atoms with Gasteiger partial charge >= 0.3 is 0 Å². The van der Waals surface area contributed by atoms with Crippen molar-refractivity contribution in [2.75, 3.05) is 0 Å². The topological polar surface area (TPSA) is 12.0 Å². The predicted octanol–water partition coefficient (Wildman–Crippen LogP) is 4.53. The maximum absolute atomic E-state index is 3.83. The number of rotatable bonds is 3. The Bertz CT molecular complexity index is 348. The quantitative estimate of drug-likeness (QED) is 0.832. The van der Waals surface area contributed by atoms with Gasteiger partial charge in [0.05, 0.1) is 0 Å². The highest BCUT2D eigenvalue weighted by molar-refractivity contribution is 7.10. The lowest BCUT2D eigenvalue weighted by Gasteiger charge is -2.34. The molecule has 1 nitrogen and oxygen atoms in total. The van der Waals surface area contributed by atoms with E-state index in [2.05, 4.69) is 44.5 Å². The van der Waals surface area contributed by atoms with Crippen molar-refractivity contribution in [3.8, 4) is 0 Å². The average Bonchev–Trinajstić information content (AvgIpc) is 2.62. The fourth-order valence-electron chi connectivity index (χ4n) is 3.34. The van der Waals surface area contributed by atoms with Gasteiger partial charge in [0.25, 0.3) is 0 Å². The number of hydrogen-bond acceptors (Lipinski definition) is 2. The molecule has 2 heteroatoms. The molecular weight excluding hydrogens is 226 g/mol. The van der Waals surface area contributed by atoms with E-state index >= 15 is 0 Å². The molecule has 0 aliphatic heterocycles. The van der Waals surface area contributed by atoms with Gasteiger partial charge in [-0.1, -0.05) is 13.8 Å². The lowest BCUT2D eigenvalue weighted by Crippen LogP contribution is -2.37. The normalized spacial score (nSPS) is 31.4. The van der Waals surface area contributed by atoms with Crippen LogP contribution in [0.1, 0.15) is 56.5 Å². The van der Waals surface area contributed by atoms with E-state index in [1.54, 1.807) is 0 Å². The Morgan fingerprint density at radius 3 is 2.41 bits per heavy atom. The summed E-state index contributed by atoms with van der Waals surface area (Å²) in [7, 11) is 0. The molecule has 3 atom stereocenters. The maximum atomic E-state index is 3.83. The van der Waals surface area contributed by atoms with E-state index < -0.39 is 0 Å². The molecule has 0 aromatic carbocycles. The Balaban J connectivity index is 1.94. The van der Waals surface area contributed by atoms with Gasteiger partial charge in [-0.05, 0) is 62.0 Å². The number of aryl methyl sites for hydroxylation is 1. The molecule has 0 bridgehead atoms. The summed E-state index contributed by atoms with van der Waals surface area (Å²) in [4.78, 5) is 1.51. The van der Waals surface area contributed by atoms with Crippen LogP contribution < -0.4 is 5.32 Å². The summed E-state index contributed by atoms with van der Waals surface area (Å²) in [6, 6.07) is 3.45. The van der Waals surface area contributed by atoms with Crippen molar-refractivity contribution in [3.63, 3.8) is 0 Å². The van der Waals surface area contributed by atoms with Crippen LogP contribution in [0.2, 0.25) is 0 Å². The first-order valence-corrected chi connectivity index (χ1v) is 7.74. The largest absolute Gasteiger partial charge is 0.307 e. The molecule has 3 unspecified atom stereocenters. The second-order valence-corrected chi connectivity index (χ2v) is 6.92. The zero-order valence-corrected chi connectivity index (χ0v) is 12.3. The van der Waals surface area contributed by atoms with Gasteiger partial charge in [-0.2, -0.15) is 0 Å². The van der Waals surface area contributed by atoms with Crippen LogP contribution in [0.5, 0.6) is 0 Å². The lowest BCUT2D eigenvalue weighted by atomic mass is 9.80. The van der Waals surface area contributed by atoms with Crippen molar-refractivity contribution in [1.29, 1.82) is 0 Å². The van der Waals surface area contributed by atoms with Crippen molar-refractivity contribution in [2.45, 2.75) is 59.0 Å². The molecule has 1 saturated carbocycles. The Kier molecular flexibility index (Phi) is 4.26. The molecule has 2 rings (SSSR count). The highest BCUT2D eigenvalue weighted by Gasteiger charge is 2.25. The zero-order chi connectivity index (χ0) is 12.4. The minimum Gasteiger partial charge on any atom is -0.307 e. The third-order valence-electron chi connectivity index (χ3n) is 3.96. The summed E-state index contributed by atoms with van der Waals surface area (Å²) in [5, 5.41) is 6.04. The number of thiophene rings is 1. The summed E-state index contributed by atoms with van der Waals surface area (Å²) in [5.74, 6) is 1.76. The zero-order valence-electron chi connectivity index (χ0n) is 11.5. The van der Waals surface area contributed by atoms with Gasteiger partial charge in [-0.15, -0.1) is 11.3 Å². The summed E-state index contributed by atoms with van der Waals surface area (Å²) in [6.45, 7) is 9.32. The molecule has 96 valence electrons. The van der Waals surface area contributed by atoms with E-state index in [0.29, 0.717) is 12.1 Å². The Morgan fingerprint density at radius 2 is 1.88 bits per heavy atom. The number of hydrogen-bond donors (Lipinski definition) is 1. The van der Waals surface area contributed by atoms with Gasteiger partial charge in [0, 0.05) is 17.0 Å². The van der Waals surface area contributed by atoms with Crippen molar-refractivity contribution in [3.05, 3.63) is 21.9 Å². The van der Waals surface area contributed by atoms with Crippen LogP contribution in [0.25, 0.3) is 0 Å². The minimum atomic E-state index is 0.512. The van der Waals surface area contributed by atoms with Crippen LogP contribution in [0.4, 0.5) is 0 Å². The van der Waals surface area contributed by atoms with E-state index in [0.717, 1.165) is 11.8 Å². The van der Waals surface area contributed by atoms with Gasteiger partial charge in [0.1, 0.15) is 0 Å². The first-order chi connectivity index (χ1) is 8.06. The van der Waals surface area contributed by atoms with Crippen molar-refractivity contribution in [2.24, 2.45) is 11.8 Å². The van der Waals surface area contributed by atoms with Gasteiger partial charge in [0.2, 0.25) is 0 Å². The fourth-order valence-corrected chi connectivity index (χ4v) is 4.29. The fraction of sp³-hybridized carbons (Fsp3) is 0.733. The smallest absolute Gasteiger partial charge is 0.0390 e. The first kappa shape index (κ1) is 13.1. The molecule has 1 aliphatic carbocycles.